The molecule has 1 N–H and O–H groups in total. The molecule has 0 aliphatic rings. The summed E-state index contributed by atoms with van der Waals surface area (Å²) in [5.41, 5.74) is 2.42. The van der Waals surface area contributed by atoms with Gasteiger partial charge in [0.15, 0.2) is 0 Å². The summed E-state index contributed by atoms with van der Waals surface area (Å²) in [6.07, 6.45) is 0. The van der Waals surface area contributed by atoms with Crippen LogP contribution >= 0.6 is 38.5 Å². The quantitative estimate of drug-likeness (QED) is 0.694. The van der Waals surface area contributed by atoms with Gasteiger partial charge in [0.2, 0.25) is 0 Å². The number of benzene rings is 2. The van der Waals surface area contributed by atoms with Gasteiger partial charge in [-0.05, 0) is 75.3 Å². The Bertz CT molecular complexity index is 496. The van der Waals surface area contributed by atoms with E-state index in [2.05, 4.69) is 81.1 Å². The second kappa shape index (κ2) is 5.87. The van der Waals surface area contributed by atoms with Gasteiger partial charge in [0.1, 0.15) is 0 Å². The first-order valence-corrected chi connectivity index (χ1v) is 7.30. The zero-order valence-electron chi connectivity index (χ0n) is 9.45. The molecule has 0 aliphatic heterocycles. The van der Waals surface area contributed by atoms with Gasteiger partial charge >= 0.3 is 0 Å². The van der Waals surface area contributed by atoms with Gasteiger partial charge in [0, 0.05) is 19.8 Å². The maximum absolute atomic E-state index is 3.55. The molecule has 1 unspecified atom stereocenters. The monoisotopic (exact) mass is 401 g/mol. The summed E-state index contributed by atoms with van der Waals surface area (Å²) < 4.78 is 2.36. The molecule has 0 aliphatic carbocycles. The third-order valence-corrected chi connectivity index (χ3v) is 4.03. The summed E-state index contributed by atoms with van der Waals surface area (Å²) in [6, 6.07) is 17.1. The van der Waals surface area contributed by atoms with Crippen LogP contribution in [0.15, 0.2) is 53.0 Å². The lowest BCUT2D eigenvalue weighted by atomic mass is 10.1. The normalized spacial score (nSPS) is 12.2. The van der Waals surface area contributed by atoms with Crippen LogP contribution in [-0.4, -0.2) is 0 Å². The fraction of sp³-hybridized carbons (Fsp3) is 0.143. The van der Waals surface area contributed by atoms with Crippen molar-refractivity contribution in [3.63, 3.8) is 0 Å². The van der Waals surface area contributed by atoms with Gasteiger partial charge in [-0.25, -0.2) is 0 Å². The van der Waals surface area contributed by atoms with E-state index in [0.717, 1.165) is 10.2 Å². The van der Waals surface area contributed by atoms with Crippen molar-refractivity contribution < 1.29 is 0 Å². The lowest BCUT2D eigenvalue weighted by molar-refractivity contribution is 0.883. The van der Waals surface area contributed by atoms with E-state index >= 15 is 0 Å². The molecular formula is C14H13BrIN. The number of rotatable bonds is 3. The Balaban J connectivity index is 2.14. The molecule has 0 amide bonds. The number of hydrogen-bond donors (Lipinski definition) is 1. The van der Waals surface area contributed by atoms with E-state index in [9.17, 15) is 0 Å². The van der Waals surface area contributed by atoms with Crippen molar-refractivity contribution in [2.75, 3.05) is 5.32 Å². The van der Waals surface area contributed by atoms with Crippen LogP contribution in [0, 0.1) is 3.57 Å². The third kappa shape index (κ3) is 3.45. The van der Waals surface area contributed by atoms with Crippen LogP contribution in [0.3, 0.4) is 0 Å². The van der Waals surface area contributed by atoms with Crippen molar-refractivity contribution in [1.29, 1.82) is 0 Å². The van der Waals surface area contributed by atoms with Crippen molar-refractivity contribution in [2.45, 2.75) is 13.0 Å². The van der Waals surface area contributed by atoms with Crippen molar-refractivity contribution in [3.05, 3.63) is 62.1 Å². The highest BCUT2D eigenvalue weighted by atomic mass is 127. The fourth-order valence-corrected chi connectivity index (χ4v) is 2.41. The first-order chi connectivity index (χ1) is 8.16. The Morgan fingerprint density at radius 2 is 1.71 bits per heavy atom. The molecule has 88 valence electrons. The molecule has 0 fully saturated rings. The number of hydrogen-bond acceptors (Lipinski definition) is 1. The van der Waals surface area contributed by atoms with Crippen LogP contribution in [0.25, 0.3) is 0 Å². The smallest absolute Gasteiger partial charge is 0.0489 e. The molecule has 1 atom stereocenters. The third-order valence-electron chi connectivity index (χ3n) is 2.62. The van der Waals surface area contributed by atoms with E-state index in [4.69, 9.17) is 0 Å². The molecule has 3 heteroatoms. The average molecular weight is 402 g/mol. The van der Waals surface area contributed by atoms with E-state index in [-0.39, 0.29) is 0 Å². The Hall–Kier alpha value is -0.550. The maximum Gasteiger partial charge on any atom is 0.0489 e. The van der Waals surface area contributed by atoms with Crippen LogP contribution < -0.4 is 5.32 Å². The molecule has 0 saturated carbocycles. The van der Waals surface area contributed by atoms with E-state index in [0.29, 0.717) is 6.04 Å². The van der Waals surface area contributed by atoms with Crippen LogP contribution in [0.5, 0.6) is 0 Å². The number of anilines is 1. The zero-order chi connectivity index (χ0) is 12.3. The summed E-state index contributed by atoms with van der Waals surface area (Å²) in [5.74, 6) is 0. The molecule has 0 heterocycles. The molecule has 0 spiro atoms. The van der Waals surface area contributed by atoms with Crippen molar-refractivity contribution in [1.82, 2.24) is 0 Å². The van der Waals surface area contributed by atoms with Crippen molar-refractivity contribution in [3.8, 4) is 0 Å². The van der Waals surface area contributed by atoms with Gasteiger partial charge in [0.25, 0.3) is 0 Å². The van der Waals surface area contributed by atoms with Gasteiger partial charge in [-0.1, -0.05) is 24.3 Å². The fourth-order valence-electron chi connectivity index (χ4n) is 1.65. The van der Waals surface area contributed by atoms with Crippen LogP contribution in [0.1, 0.15) is 18.5 Å². The summed E-state index contributed by atoms with van der Waals surface area (Å²) >= 11 is 5.87. The highest BCUT2D eigenvalue weighted by Crippen LogP contribution is 2.26. The highest BCUT2D eigenvalue weighted by Gasteiger charge is 2.06. The molecule has 0 aromatic heterocycles. The van der Waals surface area contributed by atoms with Crippen LogP contribution in [0.2, 0.25) is 0 Å². The van der Waals surface area contributed by atoms with Gasteiger partial charge in [0.05, 0.1) is 0 Å². The van der Waals surface area contributed by atoms with Crippen molar-refractivity contribution in [2.24, 2.45) is 0 Å². The lowest BCUT2D eigenvalue weighted by Crippen LogP contribution is -2.06. The number of halogens is 2. The first-order valence-electron chi connectivity index (χ1n) is 5.43. The Labute approximate surface area is 124 Å². The first kappa shape index (κ1) is 12.9. The molecule has 0 saturated heterocycles. The van der Waals surface area contributed by atoms with Gasteiger partial charge in [-0.15, -0.1) is 0 Å². The molecule has 0 bridgehead atoms. The van der Waals surface area contributed by atoms with E-state index < -0.39 is 0 Å². The minimum Gasteiger partial charge on any atom is -0.378 e. The minimum atomic E-state index is 0.297. The van der Waals surface area contributed by atoms with Crippen molar-refractivity contribution >= 4 is 44.2 Å². The topological polar surface area (TPSA) is 12.0 Å². The second-order valence-electron chi connectivity index (χ2n) is 3.90. The van der Waals surface area contributed by atoms with E-state index in [1.165, 1.54) is 9.13 Å². The van der Waals surface area contributed by atoms with E-state index in [1.807, 2.05) is 18.2 Å². The summed E-state index contributed by atoms with van der Waals surface area (Å²) in [6.45, 7) is 2.17. The van der Waals surface area contributed by atoms with E-state index in [1.54, 1.807) is 0 Å². The zero-order valence-corrected chi connectivity index (χ0v) is 13.2. The predicted octanol–water partition coefficient (Wildman–Crippen LogP) is 5.23. The summed E-state index contributed by atoms with van der Waals surface area (Å²) in [5, 5.41) is 3.50. The molecule has 0 radical (unpaired) electrons. The lowest BCUT2D eigenvalue weighted by Gasteiger charge is -2.16. The molecule has 1 nitrogen and oxygen atoms in total. The average Bonchev–Trinajstić information content (AvgIpc) is 2.33. The minimum absolute atomic E-state index is 0.297. The molecule has 17 heavy (non-hydrogen) atoms. The second-order valence-corrected chi connectivity index (χ2v) is 6.00. The number of nitrogens with one attached hydrogen (secondary N) is 1. The van der Waals surface area contributed by atoms with Gasteiger partial charge in [-0.3, -0.25) is 0 Å². The summed E-state index contributed by atoms with van der Waals surface area (Å²) in [4.78, 5) is 0. The Morgan fingerprint density at radius 3 is 2.35 bits per heavy atom. The molecule has 2 rings (SSSR count). The number of para-hydroxylation sites is 1. The molecule has 2 aromatic carbocycles. The van der Waals surface area contributed by atoms with Crippen LogP contribution in [-0.2, 0) is 0 Å². The Morgan fingerprint density at radius 1 is 1.06 bits per heavy atom. The maximum atomic E-state index is 3.55. The predicted molar refractivity (Wildman–Crippen MR) is 85.3 cm³/mol. The van der Waals surface area contributed by atoms with Crippen LogP contribution in [0.4, 0.5) is 5.69 Å². The Kier molecular flexibility index (Phi) is 4.45. The van der Waals surface area contributed by atoms with Gasteiger partial charge in [-0.2, -0.15) is 0 Å². The molecule has 2 aromatic rings. The molecular weight excluding hydrogens is 389 g/mol. The highest BCUT2D eigenvalue weighted by molar-refractivity contribution is 14.1. The standard InChI is InChI=1S/C14H13BrIN/c1-10(11-6-8-12(16)9-7-11)17-14-5-3-2-4-13(14)15/h2-10,17H,1H3. The summed E-state index contributed by atoms with van der Waals surface area (Å²) in [7, 11) is 0. The van der Waals surface area contributed by atoms with Gasteiger partial charge < -0.3 is 5.32 Å². The largest absolute Gasteiger partial charge is 0.378 e. The SMILES string of the molecule is CC(Nc1ccccc1Br)c1ccc(I)cc1.